The molecule has 12 nitrogen and oxygen atoms in total. The van der Waals surface area contributed by atoms with E-state index in [0.717, 1.165) is 11.1 Å². The number of piperidine rings is 1. The average Bonchev–Trinajstić information content (AvgIpc) is 3.61. The second-order valence-corrected chi connectivity index (χ2v) is 9.08. The molecule has 0 bridgehead atoms. The monoisotopic (exact) mass is 535 g/mol. The first-order valence-electron chi connectivity index (χ1n) is 12.3. The number of nitrogens with one attached hydrogen (secondary N) is 2. The average molecular weight is 536 g/mol. The Morgan fingerprint density at radius 1 is 1.10 bits per heavy atom. The molecule has 1 unspecified atom stereocenters. The molecular weight excluding hydrogens is 506 g/mol. The molecule has 5 rings (SSSR count). The number of aromatic nitrogens is 2. The van der Waals surface area contributed by atoms with Gasteiger partial charge in [-0.05, 0) is 31.0 Å². The Morgan fingerprint density at radius 2 is 1.87 bits per heavy atom. The summed E-state index contributed by atoms with van der Waals surface area (Å²) in [5, 5.41) is 15.6. The first-order chi connectivity index (χ1) is 18.9. The third-order valence-corrected chi connectivity index (χ3v) is 6.63. The lowest BCUT2D eigenvalue weighted by molar-refractivity contribution is 0.0692. The van der Waals surface area contributed by atoms with Gasteiger partial charge in [0.2, 0.25) is 5.75 Å². The number of anilines is 2. The van der Waals surface area contributed by atoms with E-state index in [1.165, 1.54) is 0 Å². The second kappa shape index (κ2) is 10.9. The van der Waals surface area contributed by atoms with Gasteiger partial charge in [0.1, 0.15) is 12.1 Å². The van der Waals surface area contributed by atoms with Gasteiger partial charge in [-0.3, -0.25) is 4.79 Å². The summed E-state index contributed by atoms with van der Waals surface area (Å²) in [4.78, 5) is 30.6. The van der Waals surface area contributed by atoms with Crippen molar-refractivity contribution in [3.05, 3.63) is 54.7 Å². The number of amides is 2. The SMILES string of the molecule is COc1cc(-n2cnc(Nc3cc(C(=O)N4CCCC(NC(=O)O)C4)cc4ccoc34)c2)cc(OC)c1OC. The number of carbonyl (C=O) groups is 2. The summed E-state index contributed by atoms with van der Waals surface area (Å²) < 4.78 is 23.8. The molecule has 1 saturated heterocycles. The summed E-state index contributed by atoms with van der Waals surface area (Å²) in [7, 11) is 4.65. The lowest BCUT2D eigenvalue weighted by Crippen LogP contribution is -2.49. The number of benzene rings is 2. The molecule has 1 aliphatic rings. The summed E-state index contributed by atoms with van der Waals surface area (Å²) in [5.74, 6) is 1.85. The van der Waals surface area contributed by atoms with Crippen LogP contribution in [0.1, 0.15) is 23.2 Å². The number of rotatable bonds is 8. The standard InChI is InChI=1S/C27H29N5O7/c1-36-21-11-19(12-22(37-2)25(21)38-3)32-14-23(28-15-32)30-20-10-17(9-16-6-8-39-24(16)20)26(33)31-7-4-5-18(13-31)29-27(34)35/h6,8-12,14-15,18,29-30H,4-5,7,13H2,1-3H3,(H,34,35). The Kier molecular flexibility index (Phi) is 7.17. The van der Waals surface area contributed by atoms with Crippen molar-refractivity contribution in [3.8, 4) is 22.9 Å². The van der Waals surface area contributed by atoms with Gasteiger partial charge in [-0.25, -0.2) is 9.78 Å². The van der Waals surface area contributed by atoms with Gasteiger partial charge in [0.15, 0.2) is 17.1 Å². The highest BCUT2D eigenvalue weighted by Gasteiger charge is 2.26. The maximum atomic E-state index is 13.4. The van der Waals surface area contributed by atoms with Crippen LogP contribution in [0.4, 0.5) is 16.3 Å². The van der Waals surface area contributed by atoms with Crippen molar-refractivity contribution < 1.29 is 33.3 Å². The van der Waals surface area contributed by atoms with Crippen molar-refractivity contribution in [2.45, 2.75) is 18.9 Å². The maximum Gasteiger partial charge on any atom is 0.404 e. The number of carbonyl (C=O) groups excluding carboxylic acids is 1. The Balaban J connectivity index is 1.41. The van der Waals surface area contributed by atoms with E-state index in [0.29, 0.717) is 65.8 Å². The van der Waals surface area contributed by atoms with Crippen LogP contribution in [0, 0.1) is 0 Å². The zero-order valence-corrected chi connectivity index (χ0v) is 21.8. The fraction of sp³-hybridized carbons (Fsp3) is 0.296. The Morgan fingerprint density at radius 3 is 2.56 bits per heavy atom. The molecule has 2 amide bonds. The molecule has 1 aliphatic heterocycles. The van der Waals surface area contributed by atoms with Crippen LogP contribution in [0.15, 0.2) is 53.5 Å². The Hall–Kier alpha value is -4.87. The third-order valence-electron chi connectivity index (χ3n) is 6.63. The van der Waals surface area contributed by atoms with E-state index in [-0.39, 0.29) is 11.9 Å². The number of hydrogen-bond acceptors (Lipinski definition) is 8. The number of methoxy groups -OCH3 is 3. The lowest BCUT2D eigenvalue weighted by atomic mass is 10.0. The van der Waals surface area contributed by atoms with E-state index in [1.807, 2.05) is 12.1 Å². The minimum atomic E-state index is -1.09. The number of hydrogen-bond donors (Lipinski definition) is 3. The number of furan rings is 1. The van der Waals surface area contributed by atoms with E-state index in [1.54, 1.807) is 67.8 Å². The molecule has 4 aromatic rings. The third kappa shape index (κ3) is 5.26. The summed E-state index contributed by atoms with van der Waals surface area (Å²) in [6, 6.07) is 8.60. The predicted octanol–water partition coefficient (Wildman–Crippen LogP) is 4.26. The van der Waals surface area contributed by atoms with Crippen LogP contribution in [-0.4, -0.2) is 72.0 Å². The molecule has 0 radical (unpaired) electrons. The lowest BCUT2D eigenvalue weighted by Gasteiger charge is -2.32. The molecule has 39 heavy (non-hydrogen) atoms. The maximum absolute atomic E-state index is 13.4. The molecule has 3 N–H and O–H groups in total. The molecule has 12 heteroatoms. The number of likely N-dealkylation sites (tertiary alicyclic amines) is 1. The first-order valence-corrected chi connectivity index (χ1v) is 12.3. The van der Waals surface area contributed by atoms with E-state index in [9.17, 15) is 9.59 Å². The van der Waals surface area contributed by atoms with E-state index in [4.69, 9.17) is 23.7 Å². The quantitative estimate of drug-likeness (QED) is 0.302. The molecule has 2 aromatic heterocycles. The highest BCUT2D eigenvalue weighted by Crippen LogP contribution is 2.39. The minimum Gasteiger partial charge on any atom is -0.493 e. The molecule has 3 heterocycles. The van der Waals surface area contributed by atoms with Crippen LogP contribution in [0.2, 0.25) is 0 Å². The van der Waals surface area contributed by atoms with Crippen molar-refractivity contribution in [3.63, 3.8) is 0 Å². The molecule has 1 fully saturated rings. The van der Waals surface area contributed by atoms with Crippen LogP contribution in [0.3, 0.4) is 0 Å². The summed E-state index contributed by atoms with van der Waals surface area (Å²) >= 11 is 0. The van der Waals surface area contributed by atoms with Crippen molar-refractivity contribution in [1.29, 1.82) is 0 Å². The molecule has 0 aliphatic carbocycles. The van der Waals surface area contributed by atoms with E-state index in [2.05, 4.69) is 15.6 Å². The summed E-state index contributed by atoms with van der Waals surface area (Å²) in [6.07, 6.45) is 5.31. The molecule has 204 valence electrons. The number of imidazole rings is 1. The van der Waals surface area contributed by atoms with Crippen LogP contribution < -0.4 is 24.8 Å². The smallest absolute Gasteiger partial charge is 0.404 e. The van der Waals surface area contributed by atoms with Gasteiger partial charge in [-0.1, -0.05) is 0 Å². The highest BCUT2D eigenvalue weighted by atomic mass is 16.5. The largest absolute Gasteiger partial charge is 0.493 e. The number of carboxylic acid groups (broad SMARTS) is 1. The van der Waals surface area contributed by atoms with E-state index < -0.39 is 6.09 Å². The van der Waals surface area contributed by atoms with E-state index >= 15 is 0 Å². The highest BCUT2D eigenvalue weighted by molar-refractivity contribution is 6.02. The number of nitrogens with zero attached hydrogens (tertiary/aromatic N) is 3. The zero-order valence-electron chi connectivity index (χ0n) is 21.8. The molecule has 0 saturated carbocycles. The topological polar surface area (TPSA) is 140 Å². The van der Waals surface area contributed by atoms with Gasteiger partial charge < -0.3 is 43.8 Å². The summed E-state index contributed by atoms with van der Waals surface area (Å²) in [6.45, 7) is 0.874. The van der Waals surface area contributed by atoms with Crippen LogP contribution >= 0.6 is 0 Å². The van der Waals surface area contributed by atoms with Crippen molar-refractivity contribution in [2.75, 3.05) is 39.7 Å². The van der Waals surface area contributed by atoms with Gasteiger partial charge in [0.25, 0.3) is 5.91 Å². The van der Waals surface area contributed by atoms with Crippen molar-refractivity contribution in [2.24, 2.45) is 0 Å². The van der Waals surface area contributed by atoms with Gasteiger partial charge in [-0.2, -0.15) is 0 Å². The Labute approximate surface area is 224 Å². The van der Waals surface area contributed by atoms with Gasteiger partial charge in [0, 0.05) is 42.2 Å². The number of fused-ring (bicyclic) bond motifs is 1. The summed E-state index contributed by atoms with van der Waals surface area (Å²) in [5.41, 5.74) is 2.37. The molecular formula is C27H29N5O7. The first kappa shape index (κ1) is 25.8. The molecule has 2 aromatic carbocycles. The van der Waals surface area contributed by atoms with Crippen LogP contribution in [-0.2, 0) is 0 Å². The van der Waals surface area contributed by atoms with Crippen LogP contribution in [0.25, 0.3) is 16.7 Å². The fourth-order valence-electron chi connectivity index (χ4n) is 4.82. The predicted molar refractivity (Wildman–Crippen MR) is 143 cm³/mol. The second-order valence-electron chi connectivity index (χ2n) is 9.08. The normalized spacial score (nSPS) is 15.2. The number of ether oxygens (including phenoxy) is 3. The van der Waals surface area contributed by atoms with Crippen molar-refractivity contribution in [1.82, 2.24) is 19.8 Å². The van der Waals surface area contributed by atoms with Gasteiger partial charge in [0.05, 0.1) is 45.2 Å². The zero-order chi connectivity index (χ0) is 27.5. The minimum absolute atomic E-state index is 0.180. The van der Waals surface area contributed by atoms with Gasteiger partial charge >= 0.3 is 6.09 Å². The van der Waals surface area contributed by atoms with Crippen molar-refractivity contribution >= 4 is 34.5 Å². The Bertz CT molecular complexity index is 1490. The van der Waals surface area contributed by atoms with Gasteiger partial charge in [-0.15, -0.1) is 0 Å². The fourth-order valence-corrected chi connectivity index (χ4v) is 4.82. The molecule has 1 atom stereocenters. The molecule has 0 spiro atoms. The van der Waals surface area contributed by atoms with Crippen LogP contribution in [0.5, 0.6) is 17.2 Å².